The Hall–Kier alpha value is -1.27. The van der Waals surface area contributed by atoms with Crippen molar-refractivity contribution in [2.45, 2.75) is 32.6 Å². The second-order valence-electron chi connectivity index (χ2n) is 5.91. The summed E-state index contributed by atoms with van der Waals surface area (Å²) in [5, 5.41) is 5.78. The molecule has 0 saturated heterocycles. The molecule has 1 unspecified atom stereocenters. The van der Waals surface area contributed by atoms with Gasteiger partial charge in [0, 0.05) is 5.75 Å². The standard InChI is InChI=1S/C15H21N3OS2/c1-15(2,3)12(19-11-7-5-4-6-8-11)9-21-10-13-16-14(20)18-17-13/h4-8,12H,9-10H2,1-3H3,(H2,16,17,18,20). The van der Waals surface area contributed by atoms with Gasteiger partial charge in [-0.25, -0.2) is 4.98 Å². The van der Waals surface area contributed by atoms with Crippen LogP contribution in [0.2, 0.25) is 0 Å². The van der Waals surface area contributed by atoms with Crippen LogP contribution in [0.1, 0.15) is 26.6 Å². The molecule has 21 heavy (non-hydrogen) atoms. The highest BCUT2D eigenvalue weighted by molar-refractivity contribution is 7.98. The highest BCUT2D eigenvalue weighted by Crippen LogP contribution is 2.28. The summed E-state index contributed by atoms with van der Waals surface area (Å²) < 4.78 is 6.64. The van der Waals surface area contributed by atoms with Crippen LogP contribution in [0.4, 0.5) is 0 Å². The molecule has 114 valence electrons. The number of aromatic amines is 2. The van der Waals surface area contributed by atoms with Gasteiger partial charge < -0.3 is 4.74 Å². The van der Waals surface area contributed by atoms with E-state index in [-0.39, 0.29) is 11.5 Å². The van der Waals surface area contributed by atoms with E-state index in [1.165, 1.54) is 0 Å². The molecular formula is C15H21N3OS2. The monoisotopic (exact) mass is 323 g/mol. The molecule has 1 atom stereocenters. The summed E-state index contributed by atoms with van der Waals surface area (Å²) in [6.45, 7) is 6.59. The Balaban J connectivity index is 1.92. The van der Waals surface area contributed by atoms with Crippen molar-refractivity contribution in [2.24, 2.45) is 5.41 Å². The van der Waals surface area contributed by atoms with Crippen molar-refractivity contribution in [1.29, 1.82) is 0 Å². The van der Waals surface area contributed by atoms with E-state index in [1.54, 1.807) is 11.8 Å². The Labute approximate surface area is 134 Å². The number of nitrogens with zero attached hydrogens (tertiary/aromatic N) is 1. The molecule has 1 aromatic heterocycles. The van der Waals surface area contributed by atoms with Crippen molar-refractivity contribution in [3.63, 3.8) is 0 Å². The largest absolute Gasteiger partial charge is 0.489 e. The van der Waals surface area contributed by atoms with Crippen LogP contribution < -0.4 is 4.74 Å². The first kappa shape index (κ1) is 16.1. The molecule has 0 aliphatic carbocycles. The molecule has 0 fully saturated rings. The molecule has 0 saturated carbocycles. The van der Waals surface area contributed by atoms with E-state index in [4.69, 9.17) is 17.0 Å². The Bertz CT molecular complexity index is 601. The third-order valence-electron chi connectivity index (χ3n) is 3.05. The minimum Gasteiger partial charge on any atom is -0.489 e. The summed E-state index contributed by atoms with van der Waals surface area (Å²) in [6.07, 6.45) is 0.131. The van der Waals surface area contributed by atoms with Crippen LogP contribution in [0.25, 0.3) is 0 Å². The summed E-state index contributed by atoms with van der Waals surface area (Å²) in [5.74, 6) is 3.47. The molecule has 4 nitrogen and oxygen atoms in total. The molecule has 1 aromatic carbocycles. The molecule has 2 N–H and O–H groups in total. The van der Waals surface area contributed by atoms with Crippen molar-refractivity contribution >= 4 is 24.0 Å². The van der Waals surface area contributed by atoms with Gasteiger partial charge in [-0.1, -0.05) is 39.0 Å². The van der Waals surface area contributed by atoms with Crippen LogP contribution in [0.3, 0.4) is 0 Å². The Morgan fingerprint density at radius 1 is 1.24 bits per heavy atom. The fourth-order valence-electron chi connectivity index (χ4n) is 1.76. The highest BCUT2D eigenvalue weighted by atomic mass is 32.2. The van der Waals surface area contributed by atoms with Crippen LogP contribution in [0.5, 0.6) is 5.75 Å². The van der Waals surface area contributed by atoms with Crippen LogP contribution in [-0.2, 0) is 5.75 Å². The number of aromatic nitrogens is 3. The molecule has 1 heterocycles. The Kier molecular flexibility index (Phi) is 5.47. The lowest BCUT2D eigenvalue weighted by Crippen LogP contribution is -2.34. The zero-order chi connectivity index (χ0) is 15.3. The van der Waals surface area contributed by atoms with Gasteiger partial charge in [0.15, 0.2) is 0 Å². The maximum absolute atomic E-state index is 6.14. The lowest BCUT2D eigenvalue weighted by atomic mass is 9.90. The number of rotatable bonds is 6. The third kappa shape index (κ3) is 5.21. The molecule has 2 rings (SSSR count). The van der Waals surface area contributed by atoms with Crippen molar-refractivity contribution in [2.75, 3.05) is 5.75 Å². The van der Waals surface area contributed by atoms with E-state index in [0.29, 0.717) is 4.77 Å². The van der Waals surface area contributed by atoms with E-state index in [9.17, 15) is 0 Å². The number of benzene rings is 1. The average molecular weight is 323 g/mol. The summed E-state index contributed by atoms with van der Waals surface area (Å²) in [7, 11) is 0. The van der Waals surface area contributed by atoms with Crippen molar-refractivity contribution < 1.29 is 4.74 Å². The fraction of sp³-hybridized carbons (Fsp3) is 0.467. The van der Waals surface area contributed by atoms with Crippen LogP contribution in [0.15, 0.2) is 30.3 Å². The van der Waals surface area contributed by atoms with Gasteiger partial charge in [0.2, 0.25) is 4.77 Å². The number of H-pyrrole nitrogens is 2. The normalized spacial score (nSPS) is 13.1. The number of hydrogen-bond acceptors (Lipinski definition) is 4. The average Bonchev–Trinajstić information content (AvgIpc) is 2.83. The molecule has 0 aliphatic heterocycles. The summed E-state index contributed by atoms with van der Waals surface area (Å²) in [6, 6.07) is 9.97. The molecule has 6 heteroatoms. The second kappa shape index (κ2) is 7.13. The predicted molar refractivity (Wildman–Crippen MR) is 90.2 cm³/mol. The lowest BCUT2D eigenvalue weighted by molar-refractivity contribution is 0.108. The first-order chi connectivity index (χ1) is 9.95. The van der Waals surface area contributed by atoms with Crippen LogP contribution in [-0.4, -0.2) is 27.0 Å². The maximum atomic E-state index is 6.14. The number of nitrogens with one attached hydrogen (secondary N) is 2. The quantitative estimate of drug-likeness (QED) is 0.783. The topological polar surface area (TPSA) is 53.7 Å². The Morgan fingerprint density at radius 3 is 2.52 bits per heavy atom. The zero-order valence-electron chi connectivity index (χ0n) is 12.6. The van der Waals surface area contributed by atoms with Gasteiger partial charge in [-0.15, -0.1) is 11.8 Å². The van der Waals surface area contributed by atoms with Gasteiger partial charge in [-0.3, -0.25) is 10.2 Å². The van der Waals surface area contributed by atoms with Crippen molar-refractivity contribution in [3.05, 3.63) is 40.9 Å². The predicted octanol–water partition coefficient (Wildman–Crippen LogP) is 4.19. The van der Waals surface area contributed by atoms with Gasteiger partial charge >= 0.3 is 0 Å². The van der Waals surface area contributed by atoms with Gasteiger partial charge in [-0.2, -0.15) is 0 Å². The minimum atomic E-state index is 0.0707. The van der Waals surface area contributed by atoms with Gasteiger partial charge in [0.05, 0.1) is 5.75 Å². The van der Waals surface area contributed by atoms with E-state index >= 15 is 0 Å². The minimum absolute atomic E-state index is 0.0707. The first-order valence-corrected chi connectivity index (χ1v) is 8.44. The fourth-order valence-corrected chi connectivity index (χ4v) is 3.15. The molecular weight excluding hydrogens is 302 g/mol. The second-order valence-corrected chi connectivity index (χ2v) is 7.33. The molecule has 2 aromatic rings. The van der Waals surface area contributed by atoms with Gasteiger partial charge in [-0.05, 0) is 29.8 Å². The van der Waals surface area contributed by atoms with Crippen molar-refractivity contribution in [1.82, 2.24) is 15.2 Å². The van der Waals surface area contributed by atoms with Gasteiger partial charge in [0.1, 0.15) is 17.7 Å². The summed E-state index contributed by atoms with van der Waals surface area (Å²) >= 11 is 6.74. The summed E-state index contributed by atoms with van der Waals surface area (Å²) in [4.78, 5) is 4.20. The van der Waals surface area contributed by atoms with E-state index in [0.717, 1.165) is 23.1 Å². The molecule has 0 bridgehead atoms. The zero-order valence-corrected chi connectivity index (χ0v) is 14.2. The van der Waals surface area contributed by atoms with Gasteiger partial charge in [0.25, 0.3) is 0 Å². The summed E-state index contributed by atoms with van der Waals surface area (Å²) in [5.41, 5.74) is 0.0707. The Morgan fingerprint density at radius 2 is 1.95 bits per heavy atom. The lowest BCUT2D eigenvalue weighted by Gasteiger charge is -2.31. The van der Waals surface area contributed by atoms with Crippen molar-refractivity contribution in [3.8, 4) is 5.75 Å². The number of hydrogen-bond donors (Lipinski definition) is 2. The molecule has 0 amide bonds. The van der Waals surface area contributed by atoms with E-state index in [1.807, 2.05) is 30.3 Å². The van der Waals surface area contributed by atoms with Crippen LogP contribution in [0, 0.1) is 10.2 Å². The smallest absolute Gasteiger partial charge is 0.213 e. The molecule has 0 radical (unpaired) electrons. The maximum Gasteiger partial charge on any atom is 0.213 e. The molecule has 0 aliphatic rings. The highest BCUT2D eigenvalue weighted by Gasteiger charge is 2.26. The van der Waals surface area contributed by atoms with E-state index < -0.39 is 0 Å². The van der Waals surface area contributed by atoms with E-state index in [2.05, 4.69) is 36.0 Å². The SMILES string of the molecule is CC(C)(C)C(CSCc1nc(=S)[nH][nH]1)Oc1ccccc1. The number of ether oxygens (including phenoxy) is 1. The first-order valence-electron chi connectivity index (χ1n) is 6.88. The third-order valence-corrected chi connectivity index (χ3v) is 4.26. The number of thioether (sulfide) groups is 1. The number of para-hydroxylation sites is 1. The van der Waals surface area contributed by atoms with Crippen LogP contribution >= 0.6 is 24.0 Å². The molecule has 0 spiro atoms.